The van der Waals surface area contributed by atoms with E-state index in [-0.39, 0.29) is 11.8 Å². The van der Waals surface area contributed by atoms with Crippen molar-refractivity contribution < 1.29 is 9.90 Å². The van der Waals surface area contributed by atoms with Crippen molar-refractivity contribution in [3.63, 3.8) is 0 Å². The van der Waals surface area contributed by atoms with Crippen molar-refractivity contribution in [2.24, 2.45) is 5.92 Å². The number of nitrogens with zero attached hydrogens (tertiary/aromatic N) is 5. The molecular formula is C16H18N6O2. The summed E-state index contributed by atoms with van der Waals surface area (Å²) in [6.07, 6.45) is 3.50. The molecule has 3 aromatic rings. The number of amides is 1. The molecule has 0 spiro atoms. The zero-order chi connectivity index (χ0) is 16.7. The van der Waals surface area contributed by atoms with Crippen LogP contribution in [0.5, 0.6) is 0 Å². The van der Waals surface area contributed by atoms with Crippen molar-refractivity contribution in [1.82, 2.24) is 29.7 Å². The molecule has 8 nitrogen and oxygen atoms in total. The first-order valence-corrected chi connectivity index (χ1v) is 7.89. The molecule has 2 N–H and O–H groups in total. The number of aryl methyl sites for hydroxylation is 1. The summed E-state index contributed by atoms with van der Waals surface area (Å²) in [7, 11) is 0. The molecule has 3 aromatic heterocycles. The van der Waals surface area contributed by atoms with Crippen molar-refractivity contribution in [3.8, 4) is 0 Å². The first-order valence-electron chi connectivity index (χ1n) is 7.89. The van der Waals surface area contributed by atoms with Crippen LogP contribution in [-0.4, -0.2) is 59.9 Å². The van der Waals surface area contributed by atoms with Crippen molar-refractivity contribution in [3.05, 3.63) is 47.7 Å². The highest BCUT2D eigenvalue weighted by Crippen LogP contribution is 2.22. The number of aromatic amines is 1. The topological polar surface area (TPSA) is 99.4 Å². The summed E-state index contributed by atoms with van der Waals surface area (Å²) in [5, 5.41) is 21.7. The molecule has 0 bridgehead atoms. The van der Waals surface area contributed by atoms with Crippen molar-refractivity contribution in [2.75, 3.05) is 13.1 Å². The molecule has 8 heteroatoms. The Balaban J connectivity index is 1.49. The summed E-state index contributed by atoms with van der Waals surface area (Å²) in [5.41, 5.74) is 2.87. The van der Waals surface area contributed by atoms with Gasteiger partial charge in [0.1, 0.15) is 0 Å². The Labute approximate surface area is 138 Å². The first-order chi connectivity index (χ1) is 11.6. The molecule has 0 unspecified atom stereocenters. The number of aromatic nitrogens is 5. The molecule has 0 aromatic carbocycles. The number of nitrogens with one attached hydrogen (secondary N) is 1. The van der Waals surface area contributed by atoms with E-state index in [1.165, 1.54) is 0 Å². The van der Waals surface area contributed by atoms with Crippen LogP contribution in [0, 0.1) is 12.8 Å². The smallest absolute Gasteiger partial charge is 0.274 e. The molecule has 0 radical (unpaired) electrons. The van der Waals surface area contributed by atoms with E-state index in [2.05, 4.69) is 20.3 Å². The van der Waals surface area contributed by atoms with E-state index in [0.29, 0.717) is 30.9 Å². The van der Waals surface area contributed by atoms with Gasteiger partial charge in [-0.25, -0.2) is 9.50 Å². The SMILES string of the molecule is Cc1cc(C[C@@H]2CN(C(=O)c3cc4ncccn4n3)C[C@@H]2O)n[nH]1. The van der Waals surface area contributed by atoms with Gasteiger partial charge in [-0.2, -0.15) is 10.2 Å². The maximum atomic E-state index is 12.7. The lowest BCUT2D eigenvalue weighted by atomic mass is 10.0. The predicted molar refractivity (Wildman–Crippen MR) is 85.4 cm³/mol. The molecule has 1 saturated heterocycles. The van der Waals surface area contributed by atoms with Crippen LogP contribution in [0.15, 0.2) is 30.6 Å². The lowest BCUT2D eigenvalue weighted by molar-refractivity contribution is 0.0758. The number of carbonyl (C=O) groups is 1. The van der Waals surface area contributed by atoms with Gasteiger partial charge in [-0.3, -0.25) is 9.89 Å². The normalized spacial score (nSPS) is 20.8. The number of rotatable bonds is 3. The quantitative estimate of drug-likeness (QED) is 0.727. The minimum absolute atomic E-state index is 0.0215. The third kappa shape index (κ3) is 2.65. The fourth-order valence-corrected chi connectivity index (χ4v) is 3.16. The minimum atomic E-state index is -0.555. The summed E-state index contributed by atoms with van der Waals surface area (Å²) in [6.45, 7) is 2.75. The molecule has 1 aliphatic rings. The number of H-pyrrole nitrogens is 1. The van der Waals surface area contributed by atoms with Crippen LogP contribution in [0.25, 0.3) is 5.65 Å². The minimum Gasteiger partial charge on any atom is -0.391 e. The molecular weight excluding hydrogens is 308 g/mol. The second-order valence-corrected chi connectivity index (χ2v) is 6.24. The highest BCUT2D eigenvalue weighted by molar-refractivity contribution is 5.93. The van der Waals surface area contributed by atoms with Crippen LogP contribution in [-0.2, 0) is 6.42 Å². The molecule has 4 rings (SSSR count). The molecule has 2 atom stereocenters. The standard InChI is InChI=1S/C16H18N6O2/c1-10-5-12(19-18-10)6-11-8-21(9-14(11)23)16(24)13-7-15-17-3-2-4-22(15)20-13/h2-5,7,11,14,23H,6,8-9H2,1H3,(H,18,19)/t11-,14+/m1/s1. The van der Waals surface area contributed by atoms with Crippen LogP contribution >= 0.6 is 0 Å². The van der Waals surface area contributed by atoms with Gasteiger partial charge in [-0.05, 0) is 25.5 Å². The summed E-state index contributed by atoms with van der Waals surface area (Å²) >= 11 is 0. The largest absolute Gasteiger partial charge is 0.391 e. The Hall–Kier alpha value is -2.74. The zero-order valence-corrected chi connectivity index (χ0v) is 13.3. The molecule has 4 heterocycles. The van der Waals surface area contributed by atoms with E-state index < -0.39 is 6.10 Å². The number of aliphatic hydroxyl groups excluding tert-OH is 1. The van der Waals surface area contributed by atoms with Gasteiger partial charge in [0.05, 0.1) is 11.8 Å². The lowest BCUT2D eigenvalue weighted by Crippen LogP contribution is -2.30. The number of hydrogen-bond donors (Lipinski definition) is 2. The molecule has 0 aliphatic carbocycles. The predicted octanol–water partition coefficient (Wildman–Crippen LogP) is 0.436. The number of carbonyl (C=O) groups excluding carboxylic acids is 1. The van der Waals surface area contributed by atoms with Gasteiger partial charge >= 0.3 is 0 Å². The Morgan fingerprint density at radius 1 is 1.42 bits per heavy atom. The Morgan fingerprint density at radius 2 is 2.29 bits per heavy atom. The summed E-state index contributed by atoms with van der Waals surface area (Å²) in [5.74, 6) is -0.202. The van der Waals surface area contributed by atoms with E-state index in [1.807, 2.05) is 13.0 Å². The molecule has 1 fully saturated rings. The maximum absolute atomic E-state index is 12.7. The third-order valence-electron chi connectivity index (χ3n) is 4.38. The number of likely N-dealkylation sites (tertiary alicyclic amines) is 1. The van der Waals surface area contributed by atoms with Crippen LogP contribution < -0.4 is 0 Å². The Bertz CT molecular complexity index is 852. The second-order valence-electron chi connectivity index (χ2n) is 6.24. The average molecular weight is 326 g/mol. The summed E-state index contributed by atoms with van der Waals surface area (Å²) in [4.78, 5) is 18.5. The monoisotopic (exact) mass is 326 g/mol. The van der Waals surface area contributed by atoms with Gasteiger partial charge in [0.15, 0.2) is 11.3 Å². The maximum Gasteiger partial charge on any atom is 0.274 e. The fourth-order valence-electron chi connectivity index (χ4n) is 3.16. The highest BCUT2D eigenvalue weighted by Gasteiger charge is 2.35. The van der Waals surface area contributed by atoms with E-state index in [9.17, 15) is 9.90 Å². The van der Waals surface area contributed by atoms with Crippen molar-refractivity contribution >= 4 is 11.6 Å². The summed E-state index contributed by atoms with van der Waals surface area (Å²) < 4.78 is 1.57. The zero-order valence-electron chi connectivity index (χ0n) is 13.3. The van der Waals surface area contributed by atoms with Gasteiger partial charge < -0.3 is 10.0 Å². The van der Waals surface area contributed by atoms with Crippen LogP contribution in [0.1, 0.15) is 21.9 Å². The molecule has 1 aliphatic heterocycles. The van der Waals surface area contributed by atoms with Gasteiger partial charge in [0, 0.05) is 43.2 Å². The van der Waals surface area contributed by atoms with Crippen LogP contribution in [0.3, 0.4) is 0 Å². The molecule has 124 valence electrons. The number of fused-ring (bicyclic) bond motifs is 1. The van der Waals surface area contributed by atoms with Crippen molar-refractivity contribution in [2.45, 2.75) is 19.4 Å². The van der Waals surface area contributed by atoms with Crippen LogP contribution in [0.2, 0.25) is 0 Å². The third-order valence-corrected chi connectivity index (χ3v) is 4.38. The number of hydrogen-bond acceptors (Lipinski definition) is 5. The van der Waals surface area contributed by atoms with E-state index in [4.69, 9.17) is 0 Å². The first kappa shape index (κ1) is 14.8. The van der Waals surface area contributed by atoms with E-state index in [1.54, 1.807) is 33.9 Å². The lowest BCUT2D eigenvalue weighted by Gasteiger charge is -2.14. The van der Waals surface area contributed by atoms with E-state index in [0.717, 1.165) is 11.4 Å². The molecule has 24 heavy (non-hydrogen) atoms. The highest BCUT2D eigenvalue weighted by atomic mass is 16.3. The number of β-amino-alcohol motifs (C(OH)–C–C–N with tert-alkyl or cyclic N) is 1. The van der Waals surface area contributed by atoms with Gasteiger partial charge in [0.25, 0.3) is 5.91 Å². The number of aliphatic hydroxyl groups is 1. The molecule has 1 amide bonds. The van der Waals surface area contributed by atoms with Gasteiger partial charge in [0.2, 0.25) is 0 Å². The van der Waals surface area contributed by atoms with E-state index >= 15 is 0 Å². The van der Waals surface area contributed by atoms with Crippen molar-refractivity contribution in [1.29, 1.82) is 0 Å². The Morgan fingerprint density at radius 3 is 3.04 bits per heavy atom. The molecule has 0 saturated carbocycles. The van der Waals surface area contributed by atoms with Gasteiger partial charge in [-0.1, -0.05) is 0 Å². The van der Waals surface area contributed by atoms with Crippen LogP contribution in [0.4, 0.5) is 0 Å². The fraction of sp³-hybridized carbons (Fsp3) is 0.375. The summed E-state index contributed by atoms with van der Waals surface area (Å²) in [6, 6.07) is 5.39. The Kier molecular flexibility index (Phi) is 3.53. The van der Waals surface area contributed by atoms with Gasteiger partial charge in [-0.15, -0.1) is 0 Å². The average Bonchev–Trinajstić information content (AvgIpc) is 3.26. The second kappa shape index (κ2) is 5.72.